The predicted molar refractivity (Wildman–Crippen MR) is 74.0 cm³/mol. The normalized spacial score (nSPS) is 10.4. The Kier molecular flexibility index (Phi) is 4.05. The summed E-state index contributed by atoms with van der Waals surface area (Å²) in [5, 5.41) is 0.727. The van der Waals surface area contributed by atoms with Crippen molar-refractivity contribution in [3.63, 3.8) is 0 Å². The van der Waals surface area contributed by atoms with Gasteiger partial charge in [-0.3, -0.25) is 4.79 Å². The molecule has 0 saturated heterocycles. The van der Waals surface area contributed by atoms with E-state index in [1.54, 1.807) is 12.1 Å². The molecule has 0 unspecified atom stereocenters. The van der Waals surface area contributed by atoms with Crippen LogP contribution in [0.25, 0.3) is 0 Å². The van der Waals surface area contributed by atoms with E-state index in [0.29, 0.717) is 16.1 Å². The van der Waals surface area contributed by atoms with Crippen LogP contribution >= 0.6 is 39.1 Å². The fraction of sp³-hybridized carbons (Fsp3) is 0. The molecule has 0 radical (unpaired) electrons. The van der Waals surface area contributed by atoms with Crippen LogP contribution in [0.2, 0.25) is 10.0 Å². The van der Waals surface area contributed by atoms with E-state index in [4.69, 9.17) is 23.2 Å². The molecule has 0 aliphatic rings. The summed E-state index contributed by atoms with van der Waals surface area (Å²) >= 11 is 14.8. The van der Waals surface area contributed by atoms with Crippen molar-refractivity contribution < 1.29 is 9.18 Å². The predicted octanol–water partition coefficient (Wildman–Crippen LogP) is 5.13. The fourth-order valence-corrected chi connectivity index (χ4v) is 2.34. The van der Waals surface area contributed by atoms with Gasteiger partial charge in [-0.1, -0.05) is 23.2 Å². The van der Waals surface area contributed by atoms with Crippen molar-refractivity contribution in [3.05, 3.63) is 67.9 Å². The maximum Gasteiger partial charge on any atom is 0.194 e. The summed E-state index contributed by atoms with van der Waals surface area (Å²) in [5.41, 5.74) is 0.687. The van der Waals surface area contributed by atoms with Crippen molar-refractivity contribution in [3.8, 4) is 0 Å². The molecule has 0 bridgehead atoms. The maximum atomic E-state index is 13.1. The quantitative estimate of drug-likeness (QED) is 0.688. The fourth-order valence-electron chi connectivity index (χ4n) is 1.47. The van der Waals surface area contributed by atoms with Crippen LogP contribution in [0, 0.1) is 5.82 Å². The van der Waals surface area contributed by atoms with Gasteiger partial charge in [0.05, 0.1) is 9.50 Å². The maximum absolute atomic E-state index is 13.1. The van der Waals surface area contributed by atoms with E-state index in [2.05, 4.69) is 15.9 Å². The highest BCUT2D eigenvalue weighted by atomic mass is 79.9. The number of benzene rings is 2. The first-order valence-corrected chi connectivity index (χ1v) is 6.49. The van der Waals surface area contributed by atoms with Crippen LogP contribution < -0.4 is 0 Å². The highest BCUT2D eigenvalue weighted by Gasteiger charge is 2.14. The van der Waals surface area contributed by atoms with Crippen molar-refractivity contribution in [1.29, 1.82) is 0 Å². The lowest BCUT2D eigenvalue weighted by Gasteiger charge is -2.05. The zero-order valence-corrected chi connectivity index (χ0v) is 12.0. The Morgan fingerprint density at radius 1 is 1.11 bits per heavy atom. The van der Waals surface area contributed by atoms with E-state index in [1.165, 1.54) is 24.3 Å². The second-order valence-electron chi connectivity index (χ2n) is 3.58. The SMILES string of the molecule is O=C(c1ccc(F)c(Br)c1)c1ccc(Cl)cc1Cl. The van der Waals surface area contributed by atoms with Crippen molar-refractivity contribution in [2.75, 3.05) is 0 Å². The lowest BCUT2D eigenvalue weighted by Crippen LogP contribution is -2.02. The van der Waals surface area contributed by atoms with E-state index < -0.39 is 5.82 Å². The summed E-state index contributed by atoms with van der Waals surface area (Å²) in [4.78, 5) is 12.2. The molecule has 18 heavy (non-hydrogen) atoms. The number of carbonyl (C=O) groups is 1. The van der Waals surface area contributed by atoms with E-state index in [1.807, 2.05) is 0 Å². The molecule has 0 heterocycles. The Labute approximate surface area is 122 Å². The molecule has 0 N–H and O–H groups in total. The van der Waals surface area contributed by atoms with Gasteiger partial charge >= 0.3 is 0 Å². The van der Waals surface area contributed by atoms with Gasteiger partial charge in [-0.05, 0) is 52.3 Å². The summed E-state index contributed by atoms with van der Waals surface area (Å²) in [6.07, 6.45) is 0. The summed E-state index contributed by atoms with van der Waals surface area (Å²) < 4.78 is 13.3. The molecule has 0 aliphatic heterocycles. The molecule has 5 heteroatoms. The molecule has 0 spiro atoms. The van der Waals surface area contributed by atoms with E-state index >= 15 is 0 Å². The average Bonchev–Trinajstić information content (AvgIpc) is 2.32. The molecular weight excluding hydrogens is 342 g/mol. The van der Waals surface area contributed by atoms with Gasteiger partial charge in [-0.25, -0.2) is 4.39 Å². The topological polar surface area (TPSA) is 17.1 Å². The van der Waals surface area contributed by atoms with Crippen LogP contribution in [0.3, 0.4) is 0 Å². The lowest BCUT2D eigenvalue weighted by atomic mass is 10.0. The Morgan fingerprint density at radius 3 is 2.44 bits per heavy atom. The summed E-state index contributed by atoms with van der Waals surface area (Å²) in [6, 6.07) is 8.68. The van der Waals surface area contributed by atoms with Crippen LogP contribution in [-0.2, 0) is 0 Å². The molecular formula is C13H6BrCl2FO. The molecule has 0 aliphatic carbocycles. The van der Waals surface area contributed by atoms with E-state index in [0.717, 1.165) is 0 Å². The van der Waals surface area contributed by atoms with Crippen LogP contribution in [0.15, 0.2) is 40.9 Å². The molecule has 2 aromatic rings. The van der Waals surface area contributed by atoms with Crippen molar-refractivity contribution >= 4 is 44.9 Å². The Bertz CT molecular complexity index is 628. The number of halogens is 4. The molecule has 0 atom stereocenters. The van der Waals surface area contributed by atoms with Gasteiger partial charge in [0, 0.05) is 16.1 Å². The first-order valence-electron chi connectivity index (χ1n) is 4.94. The molecule has 92 valence electrons. The number of hydrogen-bond donors (Lipinski definition) is 0. The van der Waals surface area contributed by atoms with Crippen molar-refractivity contribution in [1.82, 2.24) is 0 Å². The van der Waals surface area contributed by atoms with Crippen LogP contribution in [0.4, 0.5) is 4.39 Å². The summed E-state index contributed by atoms with van der Waals surface area (Å²) in [5.74, 6) is -0.703. The van der Waals surface area contributed by atoms with E-state index in [-0.39, 0.29) is 15.3 Å². The Hall–Kier alpha value is -0.900. The van der Waals surface area contributed by atoms with Gasteiger partial charge in [0.2, 0.25) is 0 Å². The second-order valence-corrected chi connectivity index (χ2v) is 5.28. The third kappa shape index (κ3) is 2.74. The van der Waals surface area contributed by atoms with Gasteiger partial charge in [-0.15, -0.1) is 0 Å². The smallest absolute Gasteiger partial charge is 0.194 e. The molecule has 0 amide bonds. The summed E-state index contributed by atoms with van der Waals surface area (Å²) in [6.45, 7) is 0. The molecule has 1 nitrogen and oxygen atoms in total. The second kappa shape index (κ2) is 5.39. The Balaban J connectivity index is 2.44. The van der Waals surface area contributed by atoms with Gasteiger partial charge in [0.1, 0.15) is 5.82 Å². The van der Waals surface area contributed by atoms with Gasteiger partial charge < -0.3 is 0 Å². The van der Waals surface area contributed by atoms with Gasteiger partial charge in [0.25, 0.3) is 0 Å². The first-order chi connectivity index (χ1) is 8.49. The van der Waals surface area contributed by atoms with Crippen LogP contribution in [0.1, 0.15) is 15.9 Å². The van der Waals surface area contributed by atoms with E-state index in [9.17, 15) is 9.18 Å². The standard InChI is InChI=1S/C13H6BrCl2FO/c14-10-5-7(1-4-12(10)17)13(18)9-3-2-8(15)6-11(9)16/h1-6H. The number of ketones is 1. The van der Waals surface area contributed by atoms with Gasteiger partial charge in [-0.2, -0.15) is 0 Å². The molecule has 0 saturated carbocycles. The molecule has 0 aromatic heterocycles. The minimum atomic E-state index is -0.422. The highest BCUT2D eigenvalue weighted by molar-refractivity contribution is 9.10. The van der Waals surface area contributed by atoms with Crippen LogP contribution in [0.5, 0.6) is 0 Å². The van der Waals surface area contributed by atoms with Crippen molar-refractivity contribution in [2.24, 2.45) is 0 Å². The molecule has 0 fully saturated rings. The minimum absolute atomic E-state index is 0.235. The zero-order valence-electron chi connectivity index (χ0n) is 8.88. The summed E-state index contributed by atoms with van der Waals surface area (Å²) in [7, 11) is 0. The van der Waals surface area contributed by atoms with Gasteiger partial charge in [0.15, 0.2) is 5.78 Å². The Morgan fingerprint density at radius 2 is 1.83 bits per heavy atom. The highest BCUT2D eigenvalue weighted by Crippen LogP contribution is 2.25. The zero-order chi connectivity index (χ0) is 13.3. The third-order valence-electron chi connectivity index (χ3n) is 2.36. The molecule has 2 rings (SSSR count). The number of rotatable bonds is 2. The van der Waals surface area contributed by atoms with Crippen LogP contribution in [-0.4, -0.2) is 5.78 Å². The monoisotopic (exact) mass is 346 g/mol. The van der Waals surface area contributed by atoms with Crippen molar-refractivity contribution in [2.45, 2.75) is 0 Å². The molecule has 2 aromatic carbocycles. The lowest BCUT2D eigenvalue weighted by molar-refractivity contribution is 0.103. The number of hydrogen-bond acceptors (Lipinski definition) is 1. The minimum Gasteiger partial charge on any atom is -0.289 e. The largest absolute Gasteiger partial charge is 0.289 e. The number of carbonyl (C=O) groups excluding carboxylic acids is 1. The average molecular weight is 348 g/mol. The third-order valence-corrected chi connectivity index (χ3v) is 3.51. The first kappa shape index (κ1) is 13.5.